The smallest absolute Gasteiger partial charge is 0.250 e. The molecule has 14 heavy (non-hydrogen) atoms. The van der Waals surface area contributed by atoms with Crippen molar-refractivity contribution < 1.29 is 4.79 Å². The molecule has 5 nitrogen and oxygen atoms in total. The van der Waals surface area contributed by atoms with E-state index in [1.807, 2.05) is 5.01 Å². The quantitative estimate of drug-likeness (QED) is 0.686. The number of pyridine rings is 1. The van der Waals surface area contributed by atoms with E-state index >= 15 is 0 Å². The number of carbonyl (C=O) groups excluding carboxylic acids is 1. The van der Waals surface area contributed by atoms with Gasteiger partial charge in [0.2, 0.25) is 5.91 Å². The van der Waals surface area contributed by atoms with Crippen LogP contribution in [0, 0.1) is 0 Å². The summed E-state index contributed by atoms with van der Waals surface area (Å²) in [4.78, 5) is 14.9. The van der Waals surface area contributed by atoms with Crippen LogP contribution in [0.2, 0.25) is 0 Å². The Morgan fingerprint density at radius 3 is 2.93 bits per heavy atom. The van der Waals surface area contributed by atoms with Gasteiger partial charge < -0.3 is 5.73 Å². The lowest BCUT2D eigenvalue weighted by molar-refractivity contribution is 0.1000. The van der Waals surface area contributed by atoms with Crippen LogP contribution in [0.15, 0.2) is 18.3 Å². The Hall–Kier alpha value is -1.62. The van der Waals surface area contributed by atoms with E-state index in [4.69, 9.17) is 5.73 Å². The van der Waals surface area contributed by atoms with Gasteiger partial charge in [-0.05, 0) is 18.6 Å². The monoisotopic (exact) mass is 192 g/mol. The van der Waals surface area contributed by atoms with Crippen LogP contribution in [0.4, 0.5) is 5.82 Å². The minimum absolute atomic E-state index is 0.438. The second-order valence-electron chi connectivity index (χ2n) is 3.18. The van der Waals surface area contributed by atoms with Gasteiger partial charge in [-0.3, -0.25) is 9.80 Å². The SMILES string of the molecule is NC(=O)c1ccc(N2CCCN2)nc1. The number of nitrogens with zero attached hydrogens (tertiary/aromatic N) is 2. The summed E-state index contributed by atoms with van der Waals surface area (Å²) in [5.41, 5.74) is 8.72. The molecule has 1 amide bonds. The molecule has 1 fully saturated rings. The number of anilines is 1. The zero-order valence-electron chi connectivity index (χ0n) is 7.73. The molecule has 0 atom stereocenters. The molecule has 0 aromatic carbocycles. The van der Waals surface area contributed by atoms with Crippen LogP contribution < -0.4 is 16.2 Å². The predicted molar refractivity (Wildman–Crippen MR) is 52.7 cm³/mol. The summed E-state index contributed by atoms with van der Waals surface area (Å²) < 4.78 is 0. The van der Waals surface area contributed by atoms with Crippen molar-refractivity contribution in [2.24, 2.45) is 5.73 Å². The maximum atomic E-state index is 10.8. The van der Waals surface area contributed by atoms with E-state index in [0.717, 1.165) is 25.3 Å². The van der Waals surface area contributed by atoms with E-state index in [-0.39, 0.29) is 0 Å². The molecular formula is C9H12N4O. The third-order valence-electron chi connectivity index (χ3n) is 2.17. The maximum absolute atomic E-state index is 10.8. The fraction of sp³-hybridized carbons (Fsp3) is 0.333. The van der Waals surface area contributed by atoms with Crippen LogP contribution in [0.3, 0.4) is 0 Å². The highest BCUT2D eigenvalue weighted by Crippen LogP contribution is 2.11. The second-order valence-corrected chi connectivity index (χ2v) is 3.18. The topological polar surface area (TPSA) is 71.2 Å². The number of hydrogen-bond donors (Lipinski definition) is 2. The van der Waals surface area contributed by atoms with Crippen LogP contribution in [0.1, 0.15) is 16.8 Å². The van der Waals surface area contributed by atoms with Crippen LogP contribution in [0.25, 0.3) is 0 Å². The number of hydrazine groups is 1. The average molecular weight is 192 g/mol. The summed E-state index contributed by atoms with van der Waals surface area (Å²) in [5, 5.41) is 1.96. The molecular weight excluding hydrogens is 180 g/mol. The van der Waals surface area contributed by atoms with Crippen molar-refractivity contribution in [2.45, 2.75) is 6.42 Å². The van der Waals surface area contributed by atoms with Gasteiger partial charge in [-0.25, -0.2) is 10.4 Å². The number of nitrogens with two attached hydrogens (primary N) is 1. The van der Waals surface area contributed by atoms with Crippen molar-refractivity contribution in [1.29, 1.82) is 0 Å². The summed E-state index contributed by atoms with van der Waals surface area (Å²) in [5.74, 6) is 0.380. The van der Waals surface area contributed by atoms with Crippen LogP contribution in [-0.4, -0.2) is 24.0 Å². The minimum atomic E-state index is -0.446. The molecule has 0 bridgehead atoms. The number of hydrogen-bond acceptors (Lipinski definition) is 4. The fourth-order valence-corrected chi connectivity index (χ4v) is 1.42. The highest BCUT2D eigenvalue weighted by molar-refractivity contribution is 5.92. The molecule has 0 spiro atoms. The highest BCUT2D eigenvalue weighted by atomic mass is 16.1. The standard InChI is InChI=1S/C9H12N4O/c10-9(14)7-2-3-8(11-6-7)13-5-1-4-12-13/h2-3,6,12H,1,4-5H2,(H2,10,14). The summed E-state index contributed by atoms with van der Waals surface area (Å²) in [6.07, 6.45) is 2.61. The number of aromatic nitrogens is 1. The van der Waals surface area contributed by atoms with Crippen LogP contribution in [0.5, 0.6) is 0 Å². The Morgan fingerprint density at radius 2 is 2.43 bits per heavy atom. The second kappa shape index (κ2) is 3.63. The molecule has 5 heteroatoms. The Kier molecular flexibility index (Phi) is 2.32. The van der Waals surface area contributed by atoms with Crippen molar-refractivity contribution in [3.63, 3.8) is 0 Å². The molecule has 0 unspecified atom stereocenters. The summed E-state index contributed by atoms with van der Waals surface area (Å²) in [7, 11) is 0. The molecule has 2 rings (SSSR count). The van der Waals surface area contributed by atoms with Crippen molar-refractivity contribution in [2.75, 3.05) is 18.1 Å². The molecule has 3 N–H and O–H groups in total. The fourth-order valence-electron chi connectivity index (χ4n) is 1.42. The molecule has 1 aromatic heterocycles. The Labute approximate surface area is 81.9 Å². The minimum Gasteiger partial charge on any atom is -0.366 e. The molecule has 74 valence electrons. The average Bonchev–Trinajstić information content (AvgIpc) is 2.71. The van der Waals surface area contributed by atoms with Crippen LogP contribution in [-0.2, 0) is 0 Å². The summed E-state index contributed by atoms with van der Waals surface area (Å²) >= 11 is 0. The Balaban J connectivity index is 2.16. The van der Waals surface area contributed by atoms with Crippen LogP contribution >= 0.6 is 0 Å². The molecule has 2 heterocycles. The first-order valence-electron chi connectivity index (χ1n) is 4.54. The zero-order valence-corrected chi connectivity index (χ0v) is 7.73. The van der Waals surface area contributed by atoms with Gasteiger partial charge >= 0.3 is 0 Å². The van der Waals surface area contributed by atoms with Gasteiger partial charge in [-0.15, -0.1) is 0 Å². The third-order valence-corrected chi connectivity index (χ3v) is 2.17. The number of rotatable bonds is 2. The van der Waals surface area contributed by atoms with E-state index in [1.54, 1.807) is 12.1 Å². The summed E-state index contributed by atoms with van der Waals surface area (Å²) in [6.45, 7) is 1.92. The van der Waals surface area contributed by atoms with Gasteiger partial charge in [0.15, 0.2) is 0 Å². The normalized spacial score (nSPS) is 15.9. The van der Waals surface area contributed by atoms with Gasteiger partial charge in [0.05, 0.1) is 5.56 Å². The van der Waals surface area contributed by atoms with E-state index < -0.39 is 5.91 Å². The number of carbonyl (C=O) groups is 1. The first-order chi connectivity index (χ1) is 6.77. The van der Waals surface area contributed by atoms with E-state index in [2.05, 4.69) is 10.4 Å². The van der Waals surface area contributed by atoms with Gasteiger partial charge in [-0.2, -0.15) is 0 Å². The molecule has 1 aliphatic heterocycles. The highest BCUT2D eigenvalue weighted by Gasteiger charge is 2.12. The molecule has 1 aliphatic rings. The molecule has 1 saturated heterocycles. The zero-order chi connectivity index (χ0) is 9.97. The third kappa shape index (κ3) is 1.67. The number of nitrogens with one attached hydrogen (secondary N) is 1. The van der Waals surface area contributed by atoms with Gasteiger partial charge in [0, 0.05) is 19.3 Å². The van der Waals surface area contributed by atoms with Gasteiger partial charge in [0.1, 0.15) is 5.82 Å². The van der Waals surface area contributed by atoms with E-state index in [9.17, 15) is 4.79 Å². The lowest BCUT2D eigenvalue weighted by atomic mass is 10.3. The van der Waals surface area contributed by atoms with Crippen molar-refractivity contribution >= 4 is 11.7 Å². The lowest BCUT2D eigenvalue weighted by Crippen LogP contribution is -2.31. The predicted octanol–water partition coefficient (Wildman–Crippen LogP) is -0.105. The van der Waals surface area contributed by atoms with Gasteiger partial charge in [-0.1, -0.05) is 0 Å². The Morgan fingerprint density at radius 1 is 1.57 bits per heavy atom. The first kappa shape index (κ1) is 8.96. The first-order valence-corrected chi connectivity index (χ1v) is 4.54. The maximum Gasteiger partial charge on any atom is 0.250 e. The molecule has 0 radical (unpaired) electrons. The number of amides is 1. The van der Waals surface area contributed by atoms with Gasteiger partial charge in [0.25, 0.3) is 0 Å². The van der Waals surface area contributed by atoms with Crippen molar-refractivity contribution in [3.8, 4) is 0 Å². The summed E-state index contributed by atoms with van der Waals surface area (Å²) in [6, 6.07) is 3.48. The van der Waals surface area contributed by atoms with E-state index in [1.165, 1.54) is 6.20 Å². The number of primary amides is 1. The molecule has 1 aromatic rings. The molecule has 0 aliphatic carbocycles. The van der Waals surface area contributed by atoms with Crippen molar-refractivity contribution in [3.05, 3.63) is 23.9 Å². The largest absolute Gasteiger partial charge is 0.366 e. The lowest BCUT2D eigenvalue weighted by Gasteiger charge is -2.15. The van der Waals surface area contributed by atoms with Crippen molar-refractivity contribution in [1.82, 2.24) is 10.4 Å². The van der Waals surface area contributed by atoms with E-state index in [0.29, 0.717) is 5.56 Å². The Bertz CT molecular complexity index is 329. The molecule has 0 saturated carbocycles.